The molecule has 8 aromatic rings. The lowest BCUT2D eigenvalue weighted by Crippen LogP contribution is -2.38. The number of nitrogens with zero attached hydrogens (tertiary/aromatic N) is 8. The van der Waals surface area contributed by atoms with Crippen LogP contribution in [-0.4, -0.2) is 95.9 Å². The molecule has 76 heavy (non-hydrogen) atoms. The Labute approximate surface area is 446 Å². The molecular weight excluding hydrogens is 945 g/mol. The minimum atomic E-state index is -0.944. The molecule has 1 N–H and O–H groups in total. The first-order valence-electron chi connectivity index (χ1n) is 27.6. The summed E-state index contributed by atoms with van der Waals surface area (Å²) in [5.41, 5.74) is 9.36. The zero-order valence-electron chi connectivity index (χ0n) is 43.6. The summed E-state index contributed by atoms with van der Waals surface area (Å²) in [6.07, 6.45) is 8.66. The number of carboxylic acids is 1. The molecule has 0 radical (unpaired) electrons. The van der Waals surface area contributed by atoms with Crippen LogP contribution in [0.1, 0.15) is 125 Å². The van der Waals surface area contributed by atoms with Gasteiger partial charge in [-0.15, -0.1) is 0 Å². The maximum Gasteiger partial charge on any atom is 0.338 e. The first-order chi connectivity index (χ1) is 37.3. The Balaban J connectivity index is 0.000000162. The molecule has 2 aromatic heterocycles. The summed E-state index contributed by atoms with van der Waals surface area (Å²) in [5.74, 6) is 4.72. The molecule has 6 heterocycles. The summed E-state index contributed by atoms with van der Waals surface area (Å²) in [4.78, 5) is 54.0. The molecule has 4 fully saturated rings. The zero-order chi connectivity index (χ0) is 51.8. The minimum absolute atomic E-state index is 0.243. The summed E-state index contributed by atoms with van der Waals surface area (Å²) in [6, 6.07) is 53.8. The number of ether oxygens (including phenoxy) is 1. The Hall–Kier alpha value is -7.86. The summed E-state index contributed by atoms with van der Waals surface area (Å²) in [5, 5.41) is 9.51. The van der Waals surface area contributed by atoms with Crippen molar-refractivity contribution in [2.24, 2.45) is 0 Å². The van der Waals surface area contributed by atoms with E-state index >= 15 is 0 Å². The molecule has 0 saturated carbocycles. The molecule has 0 atom stereocenters. The van der Waals surface area contributed by atoms with Gasteiger partial charge in [0, 0.05) is 52.4 Å². The van der Waals surface area contributed by atoms with Crippen molar-refractivity contribution in [2.45, 2.75) is 82.0 Å². The largest absolute Gasteiger partial charge is 0.478 e. The topological polar surface area (TPSA) is 128 Å². The highest BCUT2D eigenvalue weighted by molar-refractivity contribution is 5.95. The third-order valence-corrected chi connectivity index (χ3v) is 16.3. The average molecular weight is 1010 g/mol. The van der Waals surface area contributed by atoms with Crippen LogP contribution in [0.15, 0.2) is 158 Å². The van der Waals surface area contributed by atoms with Gasteiger partial charge in [0.1, 0.15) is 0 Å². The molecule has 0 bridgehead atoms. The van der Waals surface area contributed by atoms with E-state index in [-0.39, 0.29) is 11.5 Å². The monoisotopic (exact) mass is 1010 g/mol. The average Bonchev–Trinajstić information content (AvgIpc) is 3.52. The van der Waals surface area contributed by atoms with Crippen molar-refractivity contribution in [3.63, 3.8) is 0 Å². The molecule has 0 aliphatic carbocycles. The lowest BCUT2D eigenvalue weighted by Gasteiger charge is -2.38. The van der Waals surface area contributed by atoms with Gasteiger partial charge in [-0.3, -0.25) is 0 Å². The van der Waals surface area contributed by atoms with E-state index in [0.717, 1.165) is 144 Å². The fourth-order valence-corrected chi connectivity index (χ4v) is 12.0. The Morgan fingerprint density at radius 1 is 0.408 bits per heavy atom. The third-order valence-electron chi connectivity index (χ3n) is 16.3. The second-order valence-corrected chi connectivity index (χ2v) is 20.9. The molecule has 4 aliphatic rings. The summed E-state index contributed by atoms with van der Waals surface area (Å²) < 4.78 is 5.24. The summed E-state index contributed by atoms with van der Waals surface area (Å²) >= 11 is 0. The maximum atomic E-state index is 12.4. The number of carboxylic acid groups (broad SMARTS) is 1. The molecule has 0 unspecified atom stereocenters. The van der Waals surface area contributed by atoms with Crippen LogP contribution in [0, 0.1) is 0 Å². The van der Waals surface area contributed by atoms with Crippen molar-refractivity contribution < 1.29 is 19.4 Å². The van der Waals surface area contributed by atoms with E-state index in [1.807, 2.05) is 19.1 Å². The highest BCUT2D eigenvalue weighted by Crippen LogP contribution is 2.40. The second kappa shape index (κ2) is 23.4. The number of esters is 1. The van der Waals surface area contributed by atoms with E-state index in [0.29, 0.717) is 41.4 Å². The van der Waals surface area contributed by atoms with Crippen molar-refractivity contribution in [2.75, 3.05) is 78.6 Å². The van der Waals surface area contributed by atoms with Crippen LogP contribution in [0.2, 0.25) is 0 Å². The highest BCUT2D eigenvalue weighted by Gasteiger charge is 2.31. The van der Waals surface area contributed by atoms with Crippen LogP contribution in [-0.2, 0) is 4.74 Å². The van der Waals surface area contributed by atoms with Gasteiger partial charge in [-0.25, -0.2) is 29.5 Å². The lowest BCUT2D eigenvalue weighted by molar-refractivity contribution is 0.0526. The molecule has 388 valence electrons. The van der Waals surface area contributed by atoms with Gasteiger partial charge in [0.05, 0.1) is 39.8 Å². The van der Waals surface area contributed by atoms with Crippen LogP contribution in [0.25, 0.3) is 22.1 Å². The van der Waals surface area contributed by atoms with E-state index in [4.69, 9.17) is 24.7 Å². The fourth-order valence-electron chi connectivity index (χ4n) is 12.0. The number of fused-ring (bicyclic) bond motifs is 2. The Morgan fingerprint density at radius 3 is 0.974 bits per heavy atom. The van der Waals surface area contributed by atoms with Gasteiger partial charge in [-0.2, -0.15) is 0 Å². The van der Waals surface area contributed by atoms with Gasteiger partial charge < -0.3 is 29.4 Å². The number of hydrogen-bond acceptors (Lipinski definition) is 11. The normalized spacial score (nSPS) is 17.1. The summed E-state index contributed by atoms with van der Waals surface area (Å²) in [7, 11) is 0. The lowest BCUT2D eigenvalue weighted by atomic mass is 9.89. The number of rotatable bonds is 11. The van der Waals surface area contributed by atoms with Gasteiger partial charge in [0.25, 0.3) is 0 Å². The Kier molecular flexibility index (Phi) is 15.5. The Bertz CT molecular complexity index is 3220. The second-order valence-electron chi connectivity index (χ2n) is 20.9. The molecule has 0 spiro atoms. The van der Waals surface area contributed by atoms with Gasteiger partial charge in [0.2, 0.25) is 0 Å². The van der Waals surface area contributed by atoms with Crippen LogP contribution in [0.4, 0.5) is 23.3 Å². The van der Waals surface area contributed by atoms with Crippen LogP contribution in [0.3, 0.4) is 0 Å². The third kappa shape index (κ3) is 11.4. The van der Waals surface area contributed by atoms with Gasteiger partial charge in [0.15, 0.2) is 23.3 Å². The van der Waals surface area contributed by atoms with Gasteiger partial charge >= 0.3 is 11.9 Å². The molecule has 4 aliphatic heterocycles. The molecule has 12 rings (SSSR count). The molecule has 12 heteroatoms. The fraction of sp³-hybridized carbons (Fsp3) is 0.344. The number of carbonyl (C=O) groups is 2. The quantitative estimate of drug-likeness (QED) is 0.124. The first kappa shape index (κ1) is 50.3. The molecular formula is C64H68N8O4. The zero-order valence-corrected chi connectivity index (χ0v) is 43.6. The number of piperidine rings is 4. The van der Waals surface area contributed by atoms with Crippen molar-refractivity contribution in [3.05, 3.63) is 191 Å². The molecule has 12 nitrogen and oxygen atoms in total. The van der Waals surface area contributed by atoms with E-state index < -0.39 is 5.97 Å². The SMILES string of the molecule is CCOC(=O)c1ccc2nc(N3CCC(c4ccccc4)CC3)c(N3CCC(c4ccccc4)CC3)nc2c1.O=C(O)c1ccc2nc(N3CCC(c4ccccc4)CC3)c(N3CCC(c4ccccc4)CC3)nc2c1. The highest BCUT2D eigenvalue weighted by atomic mass is 16.5. The van der Waals surface area contributed by atoms with Crippen LogP contribution in [0.5, 0.6) is 0 Å². The van der Waals surface area contributed by atoms with E-state index in [2.05, 4.69) is 141 Å². The number of anilines is 4. The number of hydrogen-bond donors (Lipinski definition) is 1. The smallest absolute Gasteiger partial charge is 0.338 e. The number of carbonyl (C=O) groups excluding carboxylic acids is 1. The number of aromatic nitrogens is 4. The van der Waals surface area contributed by atoms with Crippen molar-refractivity contribution >= 4 is 57.3 Å². The summed E-state index contributed by atoms with van der Waals surface area (Å²) in [6.45, 7) is 9.63. The van der Waals surface area contributed by atoms with E-state index in [1.54, 1.807) is 24.3 Å². The number of aromatic carboxylic acids is 1. The van der Waals surface area contributed by atoms with E-state index in [9.17, 15) is 14.7 Å². The van der Waals surface area contributed by atoms with E-state index in [1.165, 1.54) is 22.3 Å². The Morgan fingerprint density at radius 2 is 0.684 bits per heavy atom. The van der Waals surface area contributed by atoms with Crippen molar-refractivity contribution in [3.8, 4) is 0 Å². The maximum absolute atomic E-state index is 12.4. The van der Waals surface area contributed by atoms with Gasteiger partial charge in [-0.05, 0) is 141 Å². The van der Waals surface area contributed by atoms with Crippen LogP contribution >= 0.6 is 0 Å². The van der Waals surface area contributed by atoms with Crippen molar-refractivity contribution in [1.29, 1.82) is 0 Å². The molecule has 6 aromatic carbocycles. The standard InChI is InChI=1S/C33H36N4O2.C31H32N4O2/c1-2-39-33(38)28-13-14-29-30(23-28)35-32(37-21-17-27(18-22-37)25-11-7-4-8-12-25)31(34-29)36-19-15-26(16-20-36)24-9-5-3-6-10-24;36-31(37)26-11-12-27-28(21-26)33-30(35-19-15-25(16-20-35)23-9-5-2-6-10-23)29(32-27)34-17-13-24(14-18-34)22-7-3-1-4-8-22/h3-14,23,26-27H,2,15-22H2,1H3;1-12,21,24-25H,13-20H2,(H,36,37). The molecule has 4 saturated heterocycles. The van der Waals surface area contributed by atoms with Gasteiger partial charge in [-0.1, -0.05) is 121 Å². The predicted octanol–water partition coefficient (Wildman–Crippen LogP) is 12.7. The first-order valence-corrected chi connectivity index (χ1v) is 27.6. The van der Waals surface area contributed by atoms with Crippen molar-refractivity contribution in [1.82, 2.24) is 19.9 Å². The molecule has 0 amide bonds. The van der Waals surface area contributed by atoms with Crippen LogP contribution < -0.4 is 19.6 Å². The number of benzene rings is 6. The minimum Gasteiger partial charge on any atom is -0.478 e. The predicted molar refractivity (Wildman–Crippen MR) is 305 cm³/mol.